The predicted octanol–water partition coefficient (Wildman–Crippen LogP) is 4.51. The Balaban J connectivity index is 2.26. The van der Waals surface area contributed by atoms with Crippen LogP contribution in [0.2, 0.25) is 5.02 Å². The highest BCUT2D eigenvalue weighted by molar-refractivity contribution is 6.30. The van der Waals surface area contributed by atoms with Gasteiger partial charge in [-0.2, -0.15) is 0 Å². The van der Waals surface area contributed by atoms with Crippen LogP contribution in [0.1, 0.15) is 40.0 Å². The zero-order valence-corrected chi connectivity index (χ0v) is 13.7. The Labute approximate surface area is 132 Å². The van der Waals surface area contributed by atoms with E-state index in [4.69, 9.17) is 16.3 Å². The van der Waals surface area contributed by atoms with E-state index in [1.165, 1.54) is 0 Å². The molecule has 0 aromatic heterocycles. The third-order valence-electron chi connectivity index (χ3n) is 4.09. The average molecular weight is 310 g/mol. The molecule has 0 amide bonds. The van der Waals surface area contributed by atoms with Gasteiger partial charge in [-0.05, 0) is 62.3 Å². The van der Waals surface area contributed by atoms with Gasteiger partial charge in [0.25, 0.3) is 0 Å². The van der Waals surface area contributed by atoms with Gasteiger partial charge in [0, 0.05) is 10.7 Å². The Morgan fingerprint density at radius 2 is 1.86 bits per heavy atom. The number of rotatable bonds is 4. The molecule has 2 rings (SSSR count). The van der Waals surface area contributed by atoms with Crippen LogP contribution in [0.5, 0.6) is 0 Å². The number of carbonyl (C=O) groups is 1. The van der Waals surface area contributed by atoms with Crippen LogP contribution in [0.4, 0.5) is 5.69 Å². The van der Waals surface area contributed by atoms with E-state index in [0.717, 1.165) is 24.9 Å². The number of nitrogens with one attached hydrogen (secondary N) is 1. The maximum atomic E-state index is 12.6. The lowest BCUT2D eigenvalue weighted by Gasteiger charge is -2.42. The van der Waals surface area contributed by atoms with Gasteiger partial charge in [0.05, 0.1) is 6.61 Å². The summed E-state index contributed by atoms with van der Waals surface area (Å²) in [5.41, 5.74) is 0.287. The second-order valence-electron chi connectivity index (χ2n) is 6.29. The van der Waals surface area contributed by atoms with Crippen LogP contribution in [0.3, 0.4) is 0 Å². The van der Waals surface area contributed by atoms with Crippen molar-refractivity contribution in [1.29, 1.82) is 0 Å². The molecule has 1 aliphatic carbocycles. The second-order valence-corrected chi connectivity index (χ2v) is 6.73. The number of hydrogen-bond donors (Lipinski definition) is 1. The monoisotopic (exact) mass is 309 g/mol. The van der Waals surface area contributed by atoms with Crippen molar-refractivity contribution in [2.45, 2.75) is 45.6 Å². The summed E-state index contributed by atoms with van der Waals surface area (Å²) in [4.78, 5) is 12.6. The maximum absolute atomic E-state index is 12.6. The van der Waals surface area contributed by atoms with Crippen molar-refractivity contribution in [2.24, 2.45) is 11.8 Å². The molecule has 4 heteroatoms. The van der Waals surface area contributed by atoms with Gasteiger partial charge >= 0.3 is 5.97 Å². The number of ether oxygens (including phenoxy) is 1. The van der Waals surface area contributed by atoms with E-state index in [0.29, 0.717) is 23.5 Å². The predicted molar refractivity (Wildman–Crippen MR) is 86.6 cm³/mol. The molecule has 0 saturated heterocycles. The lowest BCUT2D eigenvalue weighted by atomic mass is 9.71. The first-order chi connectivity index (χ1) is 9.95. The Kier molecular flexibility index (Phi) is 5.15. The number of carbonyl (C=O) groups excluding carboxylic acids is 1. The van der Waals surface area contributed by atoms with Gasteiger partial charge in [-0.3, -0.25) is 0 Å². The fraction of sp³-hybridized carbons (Fsp3) is 0.588. The molecule has 2 atom stereocenters. The van der Waals surface area contributed by atoms with E-state index in [1.807, 2.05) is 31.2 Å². The largest absolute Gasteiger partial charge is 0.464 e. The summed E-state index contributed by atoms with van der Waals surface area (Å²) >= 11 is 5.93. The number of esters is 1. The summed E-state index contributed by atoms with van der Waals surface area (Å²) in [6.45, 7) is 6.66. The third kappa shape index (κ3) is 3.91. The van der Waals surface area contributed by atoms with Crippen LogP contribution in [-0.4, -0.2) is 18.1 Å². The molecule has 0 spiro atoms. The van der Waals surface area contributed by atoms with E-state index >= 15 is 0 Å². The Hall–Kier alpha value is -1.22. The highest BCUT2D eigenvalue weighted by Gasteiger charge is 2.45. The second kappa shape index (κ2) is 6.69. The Morgan fingerprint density at radius 1 is 1.29 bits per heavy atom. The first-order valence-corrected chi connectivity index (χ1v) is 8.04. The molecule has 116 valence electrons. The fourth-order valence-corrected chi connectivity index (χ4v) is 3.65. The average Bonchev–Trinajstić information content (AvgIpc) is 2.40. The maximum Gasteiger partial charge on any atom is 0.331 e. The van der Waals surface area contributed by atoms with Crippen LogP contribution in [0.15, 0.2) is 24.3 Å². The Morgan fingerprint density at radius 3 is 2.38 bits per heavy atom. The van der Waals surface area contributed by atoms with Crippen molar-refractivity contribution >= 4 is 23.3 Å². The van der Waals surface area contributed by atoms with Crippen LogP contribution < -0.4 is 5.32 Å². The zero-order chi connectivity index (χ0) is 15.5. The minimum Gasteiger partial charge on any atom is -0.464 e. The molecule has 21 heavy (non-hydrogen) atoms. The molecule has 0 radical (unpaired) electrons. The number of halogens is 1. The van der Waals surface area contributed by atoms with Crippen LogP contribution in [0.25, 0.3) is 0 Å². The zero-order valence-electron chi connectivity index (χ0n) is 13.0. The molecule has 1 aromatic carbocycles. The van der Waals surface area contributed by atoms with Gasteiger partial charge in [-0.15, -0.1) is 0 Å². The van der Waals surface area contributed by atoms with E-state index in [2.05, 4.69) is 19.2 Å². The molecule has 3 nitrogen and oxygen atoms in total. The fourth-order valence-electron chi connectivity index (χ4n) is 3.53. The van der Waals surface area contributed by atoms with Gasteiger partial charge in [-0.25, -0.2) is 4.79 Å². The molecule has 1 N–H and O–H groups in total. The minimum absolute atomic E-state index is 0.140. The van der Waals surface area contributed by atoms with Gasteiger partial charge in [-0.1, -0.05) is 25.4 Å². The summed E-state index contributed by atoms with van der Waals surface area (Å²) < 4.78 is 5.35. The first kappa shape index (κ1) is 16.2. The summed E-state index contributed by atoms with van der Waals surface area (Å²) in [5, 5.41) is 4.12. The van der Waals surface area contributed by atoms with E-state index in [9.17, 15) is 4.79 Å². The SMILES string of the molecule is CCOC(=O)C1(Nc2ccc(Cl)cc2)CC(C)CC(C)C1. The number of benzene rings is 1. The molecule has 1 aliphatic rings. The standard InChI is InChI=1S/C17H24ClNO2/c1-4-21-16(20)17(10-12(2)9-13(3)11-17)19-15-7-5-14(18)6-8-15/h5-8,12-13,19H,4,9-11H2,1-3H3. The molecule has 0 heterocycles. The molecular weight excluding hydrogens is 286 g/mol. The van der Waals surface area contributed by atoms with Crippen molar-refractivity contribution in [3.8, 4) is 0 Å². The summed E-state index contributed by atoms with van der Waals surface area (Å²) in [7, 11) is 0. The van der Waals surface area contributed by atoms with E-state index in [-0.39, 0.29) is 5.97 Å². The Bertz CT molecular complexity index is 476. The van der Waals surface area contributed by atoms with Gasteiger partial charge in [0.15, 0.2) is 0 Å². The summed E-state index contributed by atoms with van der Waals surface area (Å²) in [5.74, 6) is 0.856. The first-order valence-electron chi connectivity index (χ1n) is 7.66. The molecule has 1 saturated carbocycles. The van der Waals surface area contributed by atoms with Crippen LogP contribution in [-0.2, 0) is 9.53 Å². The van der Waals surface area contributed by atoms with Crippen molar-refractivity contribution in [1.82, 2.24) is 0 Å². The third-order valence-corrected chi connectivity index (χ3v) is 4.34. The highest BCUT2D eigenvalue weighted by Crippen LogP contribution is 2.39. The smallest absolute Gasteiger partial charge is 0.331 e. The molecule has 1 fully saturated rings. The summed E-state index contributed by atoms with van der Waals surface area (Å²) in [6, 6.07) is 7.48. The van der Waals surface area contributed by atoms with Crippen LogP contribution in [0, 0.1) is 11.8 Å². The van der Waals surface area contributed by atoms with Crippen molar-refractivity contribution in [2.75, 3.05) is 11.9 Å². The van der Waals surface area contributed by atoms with Crippen molar-refractivity contribution in [3.63, 3.8) is 0 Å². The molecule has 2 unspecified atom stereocenters. The number of anilines is 1. The molecule has 1 aromatic rings. The molecule has 0 aliphatic heterocycles. The molecule has 0 bridgehead atoms. The van der Waals surface area contributed by atoms with Gasteiger partial charge in [0.1, 0.15) is 5.54 Å². The molecular formula is C17H24ClNO2. The topological polar surface area (TPSA) is 38.3 Å². The normalized spacial score (nSPS) is 29.0. The van der Waals surface area contributed by atoms with Crippen molar-refractivity contribution < 1.29 is 9.53 Å². The van der Waals surface area contributed by atoms with Crippen molar-refractivity contribution in [3.05, 3.63) is 29.3 Å². The van der Waals surface area contributed by atoms with Gasteiger partial charge < -0.3 is 10.1 Å². The van der Waals surface area contributed by atoms with Gasteiger partial charge in [0.2, 0.25) is 0 Å². The quantitative estimate of drug-likeness (QED) is 0.832. The summed E-state index contributed by atoms with van der Waals surface area (Å²) in [6.07, 6.45) is 2.76. The number of hydrogen-bond acceptors (Lipinski definition) is 3. The minimum atomic E-state index is -0.624. The lowest BCUT2D eigenvalue weighted by Crippen LogP contribution is -2.52. The lowest BCUT2D eigenvalue weighted by molar-refractivity contribution is -0.151. The van der Waals surface area contributed by atoms with E-state index < -0.39 is 5.54 Å². The van der Waals surface area contributed by atoms with E-state index in [1.54, 1.807) is 0 Å². The van der Waals surface area contributed by atoms with Crippen LogP contribution >= 0.6 is 11.6 Å². The highest BCUT2D eigenvalue weighted by atomic mass is 35.5.